The molecule has 0 aliphatic heterocycles. The number of nitrogens with zero attached hydrogens (tertiary/aromatic N) is 2. The number of pyridine rings is 1. The highest BCUT2D eigenvalue weighted by molar-refractivity contribution is 7.93. The van der Waals surface area contributed by atoms with Gasteiger partial charge in [0.2, 0.25) is 0 Å². The normalized spacial score (nSPS) is 13.7. The summed E-state index contributed by atoms with van der Waals surface area (Å²) in [5.41, 5.74) is 0.527. The quantitative estimate of drug-likeness (QED) is 0.159. The minimum Gasteiger partial charge on any atom is -0.333 e. The first-order chi connectivity index (χ1) is 18.8. The summed E-state index contributed by atoms with van der Waals surface area (Å²) < 4.78 is 42.3. The van der Waals surface area contributed by atoms with Crippen molar-refractivity contribution in [2.24, 2.45) is 0 Å². The van der Waals surface area contributed by atoms with E-state index in [-0.39, 0.29) is 47.5 Å². The highest BCUT2D eigenvalue weighted by Crippen LogP contribution is 2.38. The number of aromatic amines is 1. The summed E-state index contributed by atoms with van der Waals surface area (Å²) in [6.45, 7) is 5.72. The van der Waals surface area contributed by atoms with Crippen LogP contribution in [0.5, 0.6) is 0 Å². The first-order valence-corrected chi connectivity index (χ1v) is 14.5. The maximum absolute atomic E-state index is 15.0. The number of nitro groups is 1. The van der Waals surface area contributed by atoms with Gasteiger partial charge in [0, 0.05) is 45.9 Å². The second-order valence-corrected chi connectivity index (χ2v) is 13.4. The van der Waals surface area contributed by atoms with Crippen molar-refractivity contribution in [2.75, 3.05) is 5.75 Å². The highest BCUT2D eigenvalue weighted by Gasteiger charge is 2.38. The van der Waals surface area contributed by atoms with Crippen molar-refractivity contribution in [3.8, 4) is 11.1 Å². The Hall–Kier alpha value is -4.12. The van der Waals surface area contributed by atoms with E-state index in [1.165, 1.54) is 10.8 Å². The fourth-order valence-corrected chi connectivity index (χ4v) is 6.52. The molecule has 41 heavy (non-hydrogen) atoms. The van der Waals surface area contributed by atoms with Gasteiger partial charge >= 0.3 is 0 Å². The Kier molecular flexibility index (Phi) is 7.79. The number of halogens is 1. The first kappa shape index (κ1) is 29.9. The van der Waals surface area contributed by atoms with Crippen molar-refractivity contribution in [3.05, 3.63) is 97.8 Å². The molecule has 5 rings (SSSR count). The topological polar surface area (TPSA) is 132 Å². The van der Waals surface area contributed by atoms with E-state index in [1.54, 1.807) is 18.2 Å². The number of Topliss-reactive ketones (excluding diaryl/α,β-unsaturated/α-hetero) is 1. The second kappa shape index (κ2) is 10.7. The number of nitro benzene ring substituents is 1. The Balaban J connectivity index is 0.00000387. The van der Waals surface area contributed by atoms with Crippen LogP contribution < -0.4 is 5.56 Å². The maximum atomic E-state index is 15.0. The number of fused-ring (bicyclic) bond motifs is 1. The van der Waals surface area contributed by atoms with Crippen molar-refractivity contribution >= 4 is 32.2 Å². The number of non-ortho nitro benzene ring substituents is 1. The number of hydrogen-bond donors (Lipinski definition) is 1. The third-order valence-electron chi connectivity index (χ3n) is 7.21. The van der Waals surface area contributed by atoms with Crippen LogP contribution >= 0.6 is 0 Å². The summed E-state index contributed by atoms with van der Waals surface area (Å²) in [5.74, 6) is -2.22. The van der Waals surface area contributed by atoms with Gasteiger partial charge in [0.25, 0.3) is 11.2 Å². The van der Waals surface area contributed by atoms with Crippen LogP contribution in [0.25, 0.3) is 22.0 Å². The Morgan fingerprint density at radius 3 is 2.46 bits per heavy atom. The van der Waals surface area contributed by atoms with Crippen LogP contribution in [-0.2, 0) is 21.8 Å². The van der Waals surface area contributed by atoms with E-state index in [0.29, 0.717) is 23.7 Å². The zero-order valence-corrected chi connectivity index (χ0v) is 23.0. The summed E-state index contributed by atoms with van der Waals surface area (Å²) in [6, 6.07) is 11.7. The fourth-order valence-electron chi connectivity index (χ4n) is 4.93. The Morgan fingerprint density at radius 2 is 1.85 bits per heavy atom. The number of rotatable bonds is 8. The summed E-state index contributed by atoms with van der Waals surface area (Å²) >= 11 is 0. The zero-order chi connectivity index (χ0) is 29.0. The number of benzene rings is 2. The van der Waals surface area contributed by atoms with E-state index >= 15 is 0 Å². The molecule has 0 amide bonds. The molecule has 2 aromatic carbocycles. The Bertz CT molecular complexity index is 1850. The largest absolute Gasteiger partial charge is 0.333 e. The highest BCUT2D eigenvalue weighted by atomic mass is 32.2. The molecule has 2 aromatic heterocycles. The van der Waals surface area contributed by atoms with E-state index < -0.39 is 42.9 Å². The van der Waals surface area contributed by atoms with Gasteiger partial charge < -0.3 is 9.55 Å². The predicted molar refractivity (Wildman–Crippen MR) is 157 cm³/mol. The van der Waals surface area contributed by atoms with Crippen LogP contribution in [0.2, 0.25) is 0 Å². The van der Waals surface area contributed by atoms with Gasteiger partial charge in [-0.2, -0.15) is 0 Å². The zero-order valence-electron chi connectivity index (χ0n) is 22.2. The molecular weight excluding hydrogens is 549 g/mol. The van der Waals surface area contributed by atoms with Gasteiger partial charge in [0.05, 0.1) is 22.4 Å². The molecule has 1 N–H and O–H groups in total. The Morgan fingerprint density at radius 1 is 1.15 bits per heavy atom. The number of sulfone groups is 1. The van der Waals surface area contributed by atoms with E-state index in [2.05, 4.69) is 4.98 Å². The molecule has 1 aliphatic rings. The van der Waals surface area contributed by atoms with Crippen LogP contribution in [0.3, 0.4) is 0 Å². The maximum Gasteiger partial charge on any atom is 0.269 e. The second-order valence-electron chi connectivity index (χ2n) is 11.2. The first-order valence-electron chi connectivity index (χ1n) is 12.8. The molecule has 1 saturated carbocycles. The van der Waals surface area contributed by atoms with Gasteiger partial charge in [0.1, 0.15) is 11.6 Å². The third kappa shape index (κ3) is 5.72. The molecule has 2 heterocycles. The molecule has 216 valence electrons. The number of carbonyl (C=O) groups is 1. The summed E-state index contributed by atoms with van der Waals surface area (Å²) in [6.07, 6.45) is 2.42. The van der Waals surface area contributed by atoms with E-state index in [4.69, 9.17) is 0 Å². The number of carbonyl (C=O) groups excluding carboxylic acids is 1. The van der Waals surface area contributed by atoms with Crippen molar-refractivity contribution in [1.82, 2.24) is 9.55 Å². The van der Waals surface area contributed by atoms with Gasteiger partial charge in [-0.15, -0.1) is 0 Å². The van der Waals surface area contributed by atoms with E-state index in [9.17, 15) is 32.5 Å². The number of ketones is 1. The number of aromatic nitrogens is 2. The molecule has 1 aliphatic carbocycles. The minimum absolute atomic E-state index is 0. The van der Waals surface area contributed by atoms with Crippen LogP contribution in [0.1, 0.15) is 62.7 Å². The van der Waals surface area contributed by atoms with Gasteiger partial charge in [-0.3, -0.25) is 19.7 Å². The van der Waals surface area contributed by atoms with Crippen LogP contribution in [0.4, 0.5) is 10.1 Å². The van der Waals surface area contributed by atoms with Crippen LogP contribution in [-0.4, -0.2) is 39.7 Å². The van der Waals surface area contributed by atoms with Crippen molar-refractivity contribution in [2.45, 2.75) is 58.2 Å². The molecule has 0 unspecified atom stereocenters. The van der Waals surface area contributed by atoms with Crippen molar-refractivity contribution in [3.63, 3.8) is 0 Å². The van der Waals surface area contributed by atoms with Gasteiger partial charge in [0.15, 0.2) is 15.6 Å². The third-order valence-corrected chi connectivity index (χ3v) is 9.37. The molecule has 1 fully saturated rings. The molecule has 0 radical (unpaired) electrons. The monoisotopic (exact) mass is 581 g/mol. The van der Waals surface area contributed by atoms with Gasteiger partial charge in [-0.25, -0.2) is 12.8 Å². The predicted octanol–water partition coefficient (Wildman–Crippen LogP) is 5.79. The average Bonchev–Trinajstić information content (AvgIpc) is 3.69. The lowest BCUT2D eigenvalue weighted by Gasteiger charge is -2.19. The Labute approximate surface area is 237 Å². The number of H-pyrrole nitrogens is 1. The van der Waals surface area contributed by atoms with E-state index in [0.717, 1.165) is 23.8 Å². The molecule has 0 spiro atoms. The molecule has 11 heteroatoms. The fraction of sp³-hybridized carbons (Fsp3) is 0.333. The molecule has 0 atom stereocenters. The van der Waals surface area contributed by atoms with E-state index in [1.807, 2.05) is 32.9 Å². The average molecular weight is 582 g/mol. The molecule has 0 saturated heterocycles. The minimum atomic E-state index is -3.74. The number of nitrogens with one attached hydrogen (secondary N) is 1. The molecule has 4 aromatic rings. The van der Waals surface area contributed by atoms with Crippen molar-refractivity contribution in [1.29, 1.82) is 0 Å². The SMILES string of the molecule is C.CC(C)(C)c1ccc2c(c1)c(-c1ccc[nH]c1=O)c(C(=O)CS(=O)(=O)C1CC1)n2Cc1cc([N+](=O)[O-])ccc1F. The standard InChI is InChI=1S/C29H28FN3O6S.CH4/c1-29(2,3)18-6-11-24-22(14-18)26(21-5-4-12-31-28(21)35)27(25(34)16-40(38,39)20-8-9-20)32(24)15-17-13-19(33(36)37)7-10-23(17)30;/h4-7,10-14,20H,8-9,15-16H2,1-3H3,(H,31,35);1H4. The van der Waals surface area contributed by atoms with Crippen LogP contribution in [0, 0.1) is 15.9 Å². The smallest absolute Gasteiger partial charge is 0.269 e. The molecule has 9 nitrogen and oxygen atoms in total. The molecule has 0 bridgehead atoms. The van der Waals surface area contributed by atoms with Gasteiger partial charge in [-0.1, -0.05) is 34.3 Å². The lowest BCUT2D eigenvalue weighted by molar-refractivity contribution is -0.385. The lowest BCUT2D eigenvalue weighted by atomic mass is 9.86. The lowest BCUT2D eigenvalue weighted by Crippen LogP contribution is -2.23. The summed E-state index contributed by atoms with van der Waals surface area (Å²) in [7, 11) is -3.74. The molecular formula is C30H32FN3O6S. The van der Waals surface area contributed by atoms with Crippen molar-refractivity contribution < 1.29 is 22.5 Å². The summed E-state index contributed by atoms with van der Waals surface area (Å²) in [5, 5.41) is 11.3. The number of hydrogen-bond acceptors (Lipinski definition) is 6. The summed E-state index contributed by atoms with van der Waals surface area (Å²) in [4.78, 5) is 40.3. The van der Waals surface area contributed by atoms with Crippen LogP contribution in [0.15, 0.2) is 59.5 Å². The van der Waals surface area contributed by atoms with Gasteiger partial charge in [-0.05, 0) is 54.2 Å².